The van der Waals surface area contributed by atoms with Crippen LogP contribution in [0.15, 0.2) is 24.3 Å². The number of carbonyl (C=O) groups is 3. The van der Waals surface area contributed by atoms with Crippen LogP contribution in [0.2, 0.25) is 0 Å². The first-order valence-corrected chi connectivity index (χ1v) is 9.99. The zero-order valence-corrected chi connectivity index (χ0v) is 18.4. The third kappa shape index (κ3) is 4.96. The first kappa shape index (κ1) is 23.3. The van der Waals surface area contributed by atoms with Crippen LogP contribution in [-0.4, -0.2) is 46.8 Å². The van der Waals surface area contributed by atoms with Gasteiger partial charge in [-0.1, -0.05) is 13.8 Å². The molecular weight excluding hydrogens is 387 g/mol. The van der Waals surface area contributed by atoms with Crippen molar-refractivity contribution in [2.45, 2.75) is 34.6 Å². The van der Waals surface area contributed by atoms with Crippen LogP contribution in [0, 0.1) is 25.6 Å². The monoisotopic (exact) mass is 416 g/mol. The van der Waals surface area contributed by atoms with E-state index in [1.807, 2.05) is 13.8 Å². The van der Waals surface area contributed by atoms with Crippen molar-refractivity contribution in [3.8, 4) is 0 Å². The molecule has 0 saturated carbocycles. The Morgan fingerprint density at radius 3 is 2.27 bits per heavy atom. The third-order valence-corrected chi connectivity index (χ3v) is 4.98. The molecule has 0 aliphatic rings. The Morgan fingerprint density at radius 2 is 1.73 bits per heavy atom. The topological polar surface area (TPSA) is 68.6 Å². The van der Waals surface area contributed by atoms with E-state index in [9.17, 15) is 18.8 Å². The van der Waals surface area contributed by atoms with Crippen molar-refractivity contribution in [1.29, 1.82) is 0 Å². The van der Waals surface area contributed by atoms with Crippen LogP contribution in [-0.2, 0) is 11.8 Å². The number of ketones is 1. The van der Waals surface area contributed by atoms with Crippen molar-refractivity contribution >= 4 is 17.7 Å². The zero-order chi connectivity index (χ0) is 22.6. The maximum absolute atomic E-state index is 13.2. The predicted octanol–water partition coefficient (Wildman–Crippen LogP) is 3.94. The Bertz CT molecular complexity index is 945. The Balaban J connectivity index is 2.36. The molecule has 0 atom stereocenters. The fourth-order valence-electron chi connectivity index (χ4n) is 3.56. The molecule has 162 valence electrons. The number of ether oxygens (including phenoxy) is 1. The molecule has 0 bridgehead atoms. The van der Waals surface area contributed by atoms with Gasteiger partial charge in [0, 0.05) is 30.4 Å². The largest absolute Gasteiger partial charge is 0.461 e. The molecular formula is C23H29FN2O4. The molecule has 0 fully saturated rings. The highest BCUT2D eigenvalue weighted by Crippen LogP contribution is 2.23. The van der Waals surface area contributed by atoms with Gasteiger partial charge in [0.05, 0.1) is 13.2 Å². The normalized spacial score (nSPS) is 10.9. The van der Waals surface area contributed by atoms with E-state index in [2.05, 4.69) is 0 Å². The summed E-state index contributed by atoms with van der Waals surface area (Å²) in [5.41, 5.74) is 2.24. The summed E-state index contributed by atoms with van der Waals surface area (Å²) >= 11 is 0. The Hall–Kier alpha value is -2.96. The van der Waals surface area contributed by atoms with E-state index in [1.54, 1.807) is 32.4 Å². The second-order valence-corrected chi connectivity index (χ2v) is 7.72. The van der Waals surface area contributed by atoms with E-state index in [-0.39, 0.29) is 30.8 Å². The fraction of sp³-hybridized carbons (Fsp3) is 0.435. The molecule has 6 nitrogen and oxygen atoms in total. The number of aromatic nitrogens is 1. The van der Waals surface area contributed by atoms with Gasteiger partial charge in [-0.3, -0.25) is 9.59 Å². The summed E-state index contributed by atoms with van der Waals surface area (Å²) in [6, 6.07) is 5.26. The lowest BCUT2D eigenvalue weighted by molar-refractivity contribution is 0.0514. The van der Waals surface area contributed by atoms with E-state index >= 15 is 0 Å². The van der Waals surface area contributed by atoms with Crippen LogP contribution in [0.25, 0.3) is 0 Å². The summed E-state index contributed by atoms with van der Waals surface area (Å²) in [7, 11) is 1.71. The van der Waals surface area contributed by atoms with Gasteiger partial charge in [-0.15, -0.1) is 0 Å². The summed E-state index contributed by atoms with van der Waals surface area (Å²) in [5.74, 6) is -1.38. The summed E-state index contributed by atoms with van der Waals surface area (Å²) in [6.45, 7) is 9.57. The molecule has 0 saturated heterocycles. The lowest BCUT2D eigenvalue weighted by Gasteiger charge is -2.24. The standard InChI is InChI=1S/C23H29FN2O4/c1-7-30-23(29)21-15(4)20(16(5)25(21)6)19(27)13-26(12-14(2)3)22(28)17-8-10-18(24)11-9-17/h8-11,14H,7,12-13H2,1-6H3. The Labute approximate surface area is 176 Å². The van der Waals surface area contributed by atoms with Crippen LogP contribution >= 0.6 is 0 Å². The first-order valence-electron chi connectivity index (χ1n) is 9.99. The molecule has 7 heteroatoms. The van der Waals surface area contributed by atoms with E-state index in [0.717, 1.165) is 0 Å². The van der Waals surface area contributed by atoms with E-state index in [4.69, 9.17) is 4.74 Å². The zero-order valence-electron chi connectivity index (χ0n) is 18.4. The van der Waals surface area contributed by atoms with Gasteiger partial charge >= 0.3 is 5.97 Å². The van der Waals surface area contributed by atoms with Crippen LogP contribution in [0.5, 0.6) is 0 Å². The minimum Gasteiger partial charge on any atom is -0.461 e. The number of benzene rings is 1. The third-order valence-electron chi connectivity index (χ3n) is 4.98. The van der Waals surface area contributed by atoms with Crippen molar-refractivity contribution in [2.75, 3.05) is 19.7 Å². The highest BCUT2D eigenvalue weighted by atomic mass is 19.1. The van der Waals surface area contributed by atoms with Gasteiger partial charge in [-0.2, -0.15) is 0 Å². The number of Topliss-reactive ketones (excluding diaryl/α,β-unsaturated/α-hetero) is 1. The number of hydrogen-bond donors (Lipinski definition) is 0. The molecule has 0 aliphatic carbocycles. The summed E-state index contributed by atoms with van der Waals surface area (Å²) in [4.78, 5) is 39.9. The van der Waals surface area contributed by atoms with Gasteiger partial charge in [-0.25, -0.2) is 9.18 Å². The van der Waals surface area contributed by atoms with Crippen molar-refractivity contribution < 1.29 is 23.5 Å². The molecule has 2 aromatic rings. The average molecular weight is 416 g/mol. The predicted molar refractivity (Wildman–Crippen MR) is 112 cm³/mol. The van der Waals surface area contributed by atoms with Crippen molar-refractivity contribution in [2.24, 2.45) is 13.0 Å². The van der Waals surface area contributed by atoms with Crippen LogP contribution in [0.3, 0.4) is 0 Å². The number of carbonyl (C=O) groups excluding carboxylic acids is 3. The number of rotatable bonds is 8. The molecule has 0 spiro atoms. The lowest BCUT2D eigenvalue weighted by Crippen LogP contribution is -2.38. The molecule has 0 aliphatic heterocycles. The van der Waals surface area contributed by atoms with Crippen LogP contribution in [0.1, 0.15) is 63.2 Å². The van der Waals surface area contributed by atoms with Crippen LogP contribution < -0.4 is 0 Å². The number of halogens is 1. The summed E-state index contributed by atoms with van der Waals surface area (Å²) in [6.07, 6.45) is 0. The van der Waals surface area contributed by atoms with Gasteiger partial charge in [-0.05, 0) is 56.5 Å². The first-order chi connectivity index (χ1) is 14.1. The van der Waals surface area contributed by atoms with Crippen molar-refractivity contribution in [3.05, 3.63) is 58.2 Å². The lowest BCUT2D eigenvalue weighted by atomic mass is 10.0. The molecule has 0 radical (unpaired) electrons. The van der Waals surface area contributed by atoms with Gasteiger partial charge in [0.25, 0.3) is 5.91 Å². The van der Waals surface area contributed by atoms with Gasteiger partial charge < -0.3 is 14.2 Å². The molecule has 1 heterocycles. The van der Waals surface area contributed by atoms with Crippen molar-refractivity contribution in [1.82, 2.24) is 9.47 Å². The van der Waals surface area contributed by atoms with E-state index in [1.165, 1.54) is 29.2 Å². The average Bonchev–Trinajstić information content (AvgIpc) is 2.89. The molecule has 1 aromatic carbocycles. The summed E-state index contributed by atoms with van der Waals surface area (Å²) in [5, 5.41) is 0. The quantitative estimate of drug-likeness (QED) is 0.483. The Kier molecular flexibility index (Phi) is 7.54. The number of nitrogens with zero attached hydrogens (tertiary/aromatic N) is 2. The molecule has 0 unspecified atom stereocenters. The van der Waals surface area contributed by atoms with Gasteiger partial charge in [0.15, 0.2) is 5.78 Å². The Morgan fingerprint density at radius 1 is 1.13 bits per heavy atom. The molecule has 1 aromatic heterocycles. The SMILES string of the molecule is CCOC(=O)c1c(C)c(C(=O)CN(CC(C)C)C(=O)c2ccc(F)cc2)c(C)n1C. The second-order valence-electron chi connectivity index (χ2n) is 7.72. The van der Waals surface area contributed by atoms with E-state index < -0.39 is 11.8 Å². The van der Waals surface area contributed by atoms with E-state index in [0.29, 0.717) is 34.6 Å². The van der Waals surface area contributed by atoms with Crippen molar-refractivity contribution in [3.63, 3.8) is 0 Å². The minimum absolute atomic E-state index is 0.134. The number of esters is 1. The summed E-state index contributed by atoms with van der Waals surface area (Å²) < 4.78 is 20.0. The molecule has 30 heavy (non-hydrogen) atoms. The highest BCUT2D eigenvalue weighted by Gasteiger charge is 2.28. The maximum atomic E-state index is 13.2. The van der Waals surface area contributed by atoms with Crippen LogP contribution in [0.4, 0.5) is 4.39 Å². The van der Waals surface area contributed by atoms with Gasteiger partial charge in [0.1, 0.15) is 11.5 Å². The molecule has 0 N–H and O–H groups in total. The number of amides is 1. The smallest absolute Gasteiger partial charge is 0.355 e. The highest BCUT2D eigenvalue weighted by molar-refractivity contribution is 6.06. The number of hydrogen-bond acceptors (Lipinski definition) is 4. The fourth-order valence-corrected chi connectivity index (χ4v) is 3.56. The molecule has 1 amide bonds. The molecule has 2 rings (SSSR count). The minimum atomic E-state index is -0.485. The maximum Gasteiger partial charge on any atom is 0.355 e. The second kappa shape index (κ2) is 9.69. The van der Waals surface area contributed by atoms with Gasteiger partial charge in [0.2, 0.25) is 0 Å².